The lowest BCUT2D eigenvalue weighted by atomic mass is 10.1. The SMILES string of the molecule is CCC(=O)NS(=O)(=O)c1ccc(-c2c(C)nn3c(OC4CCN(C(=O)OC(C)C)CC4)ccnc23)c(F)c1. The van der Waals surface area contributed by atoms with E-state index in [4.69, 9.17) is 9.47 Å². The van der Waals surface area contributed by atoms with Crippen LogP contribution >= 0.6 is 0 Å². The number of amides is 2. The third-order valence-electron chi connectivity index (χ3n) is 6.07. The van der Waals surface area contributed by atoms with Gasteiger partial charge in [-0.15, -0.1) is 0 Å². The Morgan fingerprint density at radius 3 is 2.55 bits per heavy atom. The summed E-state index contributed by atoms with van der Waals surface area (Å²) in [5.41, 5.74) is 1.31. The second kappa shape index (κ2) is 10.9. The van der Waals surface area contributed by atoms with Crippen LogP contribution < -0.4 is 9.46 Å². The molecule has 0 saturated carbocycles. The maximum atomic E-state index is 15.2. The van der Waals surface area contributed by atoms with Crippen molar-refractivity contribution in [2.24, 2.45) is 0 Å². The van der Waals surface area contributed by atoms with E-state index in [1.807, 2.05) is 4.72 Å². The number of carbonyl (C=O) groups excluding carboxylic acids is 2. The number of ether oxygens (including phenoxy) is 2. The summed E-state index contributed by atoms with van der Waals surface area (Å²) in [6.07, 6.45) is 2.00. The number of hydrogen-bond acceptors (Lipinski definition) is 8. The van der Waals surface area contributed by atoms with E-state index in [2.05, 4.69) is 10.1 Å². The van der Waals surface area contributed by atoms with E-state index in [1.165, 1.54) is 29.8 Å². The van der Waals surface area contributed by atoms with Gasteiger partial charge in [0.25, 0.3) is 10.0 Å². The van der Waals surface area contributed by atoms with Crippen molar-refractivity contribution in [1.29, 1.82) is 0 Å². The summed E-state index contributed by atoms with van der Waals surface area (Å²) in [4.78, 5) is 29.3. The highest BCUT2D eigenvalue weighted by molar-refractivity contribution is 7.90. The Kier molecular flexibility index (Phi) is 7.86. The normalized spacial score (nSPS) is 14.6. The molecule has 204 valence electrons. The number of aryl methyl sites for hydroxylation is 1. The fourth-order valence-corrected chi connectivity index (χ4v) is 5.25. The highest BCUT2D eigenvalue weighted by Crippen LogP contribution is 2.32. The molecule has 1 fully saturated rings. The van der Waals surface area contributed by atoms with Crippen LogP contribution in [0.4, 0.5) is 9.18 Å². The van der Waals surface area contributed by atoms with Gasteiger partial charge in [0.2, 0.25) is 11.8 Å². The zero-order valence-electron chi connectivity index (χ0n) is 21.6. The zero-order chi connectivity index (χ0) is 27.6. The summed E-state index contributed by atoms with van der Waals surface area (Å²) in [6.45, 7) is 7.80. The number of carbonyl (C=O) groups is 2. The van der Waals surface area contributed by atoms with Gasteiger partial charge in [-0.05, 0) is 39.0 Å². The molecule has 1 aliphatic heterocycles. The summed E-state index contributed by atoms with van der Waals surface area (Å²) >= 11 is 0. The minimum atomic E-state index is -4.20. The predicted molar refractivity (Wildman–Crippen MR) is 136 cm³/mol. The van der Waals surface area contributed by atoms with Crippen LogP contribution in [0.2, 0.25) is 0 Å². The van der Waals surface area contributed by atoms with Crippen molar-refractivity contribution >= 4 is 27.7 Å². The van der Waals surface area contributed by atoms with Gasteiger partial charge in [-0.2, -0.15) is 9.61 Å². The number of fused-ring (bicyclic) bond motifs is 1. The minimum Gasteiger partial charge on any atom is -0.474 e. The average Bonchev–Trinajstić information content (AvgIpc) is 3.20. The second-order valence-electron chi connectivity index (χ2n) is 9.24. The Morgan fingerprint density at radius 2 is 1.92 bits per heavy atom. The average molecular weight is 548 g/mol. The van der Waals surface area contributed by atoms with Crippen LogP contribution in [0, 0.1) is 12.7 Å². The fourth-order valence-electron chi connectivity index (χ4n) is 4.18. The molecule has 2 amide bonds. The van der Waals surface area contributed by atoms with E-state index in [0.29, 0.717) is 48.7 Å². The number of rotatable bonds is 7. The second-order valence-corrected chi connectivity index (χ2v) is 10.9. The molecule has 0 bridgehead atoms. The number of likely N-dealkylation sites (tertiary alicyclic amines) is 1. The van der Waals surface area contributed by atoms with E-state index in [1.54, 1.807) is 31.7 Å². The van der Waals surface area contributed by atoms with Crippen molar-refractivity contribution < 1.29 is 31.9 Å². The van der Waals surface area contributed by atoms with Crippen LogP contribution in [-0.4, -0.2) is 65.2 Å². The van der Waals surface area contributed by atoms with Crippen LogP contribution in [0.25, 0.3) is 16.8 Å². The molecule has 2 aromatic heterocycles. The first kappa shape index (κ1) is 27.3. The first-order valence-corrected chi connectivity index (χ1v) is 13.8. The molecule has 11 nitrogen and oxygen atoms in total. The maximum absolute atomic E-state index is 15.2. The van der Waals surface area contributed by atoms with Gasteiger partial charge in [-0.3, -0.25) is 4.79 Å². The number of sulfonamides is 1. The van der Waals surface area contributed by atoms with Crippen molar-refractivity contribution in [3.8, 4) is 17.0 Å². The number of piperidine rings is 1. The zero-order valence-corrected chi connectivity index (χ0v) is 22.4. The van der Waals surface area contributed by atoms with Crippen molar-refractivity contribution in [1.82, 2.24) is 24.2 Å². The van der Waals surface area contributed by atoms with Crippen LogP contribution in [0.1, 0.15) is 45.7 Å². The Bertz CT molecular complexity index is 1460. The predicted octanol–water partition coefficient (Wildman–Crippen LogP) is 3.45. The van der Waals surface area contributed by atoms with Crippen molar-refractivity contribution in [3.05, 3.63) is 42.0 Å². The van der Waals surface area contributed by atoms with Crippen molar-refractivity contribution in [2.45, 2.75) is 64.1 Å². The molecule has 0 spiro atoms. The monoisotopic (exact) mass is 547 g/mol. The van der Waals surface area contributed by atoms with Gasteiger partial charge in [-0.1, -0.05) is 6.92 Å². The molecule has 1 N–H and O–H groups in total. The minimum absolute atomic E-state index is 0.0265. The Morgan fingerprint density at radius 1 is 1.21 bits per heavy atom. The highest BCUT2D eigenvalue weighted by atomic mass is 32.2. The van der Waals surface area contributed by atoms with E-state index in [0.717, 1.165) is 6.07 Å². The largest absolute Gasteiger partial charge is 0.474 e. The third kappa shape index (κ3) is 5.72. The van der Waals surface area contributed by atoms with Gasteiger partial charge in [0.15, 0.2) is 5.65 Å². The van der Waals surface area contributed by atoms with Gasteiger partial charge in [0, 0.05) is 50.2 Å². The number of nitrogens with one attached hydrogen (secondary N) is 1. The van der Waals surface area contributed by atoms with Crippen LogP contribution in [-0.2, 0) is 19.6 Å². The van der Waals surface area contributed by atoms with Gasteiger partial charge in [0.05, 0.1) is 22.3 Å². The lowest BCUT2D eigenvalue weighted by molar-refractivity contribution is -0.119. The Hall–Kier alpha value is -3.74. The molecule has 0 atom stereocenters. The maximum Gasteiger partial charge on any atom is 0.410 e. The van der Waals surface area contributed by atoms with Crippen LogP contribution in [0.5, 0.6) is 5.88 Å². The third-order valence-corrected chi connectivity index (χ3v) is 7.44. The molecule has 13 heteroatoms. The first-order chi connectivity index (χ1) is 18.0. The summed E-state index contributed by atoms with van der Waals surface area (Å²) in [6, 6.07) is 5.07. The summed E-state index contributed by atoms with van der Waals surface area (Å²) in [5.74, 6) is -1.08. The van der Waals surface area contributed by atoms with Gasteiger partial charge in [0.1, 0.15) is 11.9 Å². The van der Waals surface area contributed by atoms with Crippen molar-refractivity contribution in [3.63, 3.8) is 0 Å². The molecule has 0 unspecified atom stereocenters. The van der Waals surface area contributed by atoms with Gasteiger partial charge in [-0.25, -0.2) is 27.3 Å². The Labute approximate surface area is 220 Å². The molecule has 38 heavy (non-hydrogen) atoms. The van der Waals surface area contributed by atoms with E-state index in [9.17, 15) is 18.0 Å². The summed E-state index contributed by atoms with van der Waals surface area (Å²) in [7, 11) is -4.20. The lowest BCUT2D eigenvalue weighted by Gasteiger charge is -2.31. The highest BCUT2D eigenvalue weighted by Gasteiger charge is 2.27. The number of aromatic nitrogens is 3. The molecule has 1 saturated heterocycles. The topological polar surface area (TPSA) is 132 Å². The Balaban J connectivity index is 1.57. The molecule has 3 heterocycles. The quantitative estimate of drug-likeness (QED) is 0.476. The molecule has 1 aromatic carbocycles. The number of hydrogen-bond donors (Lipinski definition) is 1. The molecular weight excluding hydrogens is 517 g/mol. The van der Waals surface area contributed by atoms with Gasteiger partial charge >= 0.3 is 6.09 Å². The molecule has 0 radical (unpaired) electrons. The van der Waals surface area contributed by atoms with Crippen LogP contribution in [0.3, 0.4) is 0 Å². The lowest BCUT2D eigenvalue weighted by Crippen LogP contribution is -2.42. The fraction of sp³-hybridized carbons (Fsp3) is 0.440. The molecule has 0 aliphatic carbocycles. The van der Waals surface area contributed by atoms with E-state index in [-0.39, 0.29) is 35.2 Å². The van der Waals surface area contributed by atoms with E-state index >= 15 is 4.39 Å². The smallest absolute Gasteiger partial charge is 0.410 e. The van der Waals surface area contributed by atoms with Crippen LogP contribution in [0.15, 0.2) is 35.4 Å². The molecule has 1 aliphatic rings. The summed E-state index contributed by atoms with van der Waals surface area (Å²) < 4.78 is 54.8. The van der Waals surface area contributed by atoms with Gasteiger partial charge < -0.3 is 14.4 Å². The number of benzene rings is 1. The molecule has 4 rings (SSSR count). The standard InChI is InChI=1S/C25H30FN5O6S/c1-5-21(32)29-38(34,35)18-6-7-19(20(26)14-18)23-16(4)28-31-22(8-11-27-24(23)31)37-17-9-12-30(13-10-17)25(33)36-15(2)3/h6-8,11,14-15,17H,5,9-10,12-13H2,1-4H3,(H,29,32). The summed E-state index contributed by atoms with van der Waals surface area (Å²) in [5, 5.41) is 4.50. The number of halogens is 1. The van der Waals surface area contributed by atoms with E-state index < -0.39 is 21.7 Å². The van der Waals surface area contributed by atoms with Crippen molar-refractivity contribution in [2.75, 3.05) is 13.1 Å². The molecule has 3 aromatic rings. The number of nitrogens with zero attached hydrogens (tertiary/aromatic N) is 4. The molecular formula is C25H30FN5O6S. The first-order valence-electron chi connectivity index (χ1n) is 12.3.